The molecule has 1 saturated heterocycles. The van der Waals surface area contributed by atoms with Gasteiger partial charge < -0.3 is 9.64 Å². The van der Waals surface area contributed by atoms with Crippen molar-refractivity contribution in [2.45, 2.75) is 12.8 Å². The molecule has 1 amide bonds. The van der Waals surface area contributed by atoms with Gasteiger partial charge in [0.25, 0.3) is 0 Å². The average molecular weight is 361 g/mol. The highest BCUT2D eigenvalue weighted by molar-refractivity contribution is 5.77. The van der Waals surface area contributed by atoms with Crippen molar-refractivity contribution >= 4 is 5.91 Å². The highest BCUT2D eigenvalue weighted by Crippen LogP contribution is 2.25. The fourth-order valence-electron chi connectivity index (χ4n) is 3.36. The van der Waals surface area contributed by atoms with Crippen LogP contribution in [0.4, 0.5) is 0 Å². The summed E-state index contributed by atoms with van der Waals surface area (Å²) >= 11 is 0. The van der Waals surface area contributed by atoms with Crippen LogP contribution < -0.4 is 0 Å². The Morgan fingerprint density at radius 3 is 2.33 bits per heavy atom. The maximum atomic E-state index is 12.5. The largest absolute Gasteiger partial charge is 0.378 e. The number of rotatable bonds is 5. The molecule has 138 valence electrons. The monoisotopic (exact) mass is 361 g/mol. The third-order valence-corrected chi connectivity index (χ3v) is 4.83. The van der Waals surface area contributed by atoms with Gasteiger partial charge in [-0.25, -0.2) is 4.68 Å². The number of hydrogen-bond donors (Lipinski definition) is 0. The third-order valence-electron chi connectivity index (χ3n) is 4.83. The average Bonchev–Trinajstić information content (AvgIpc) is 3.18. The Bertz CT molecular complexity index is 884. The second-order valence-electron chi connectivity index (χ2n) is 6.64. The zero-order valence-corrected chi connectivity index (χ0v) is 15.3. The SMILES string of the molecule is O=C(CCc1cn(-c2ccccc2)nc1-c1ccccc1)N1CCOCC1. The molecule has 5 nitrogen and oxygen atoms in total. The van der Waals surface area contributed by atoms with Gasteiger partial charge in [-0.05, 0) is 24.1 Å². The molecule has 1 aliphatic heterocycles. The van der Waals surface area contributed by atoms with E-state index in [1.165, 1.54) is 0 Å². The maximum Gasteiger partial charge on any atom is 0.223 e. The summed E-state index contributed by atoms with van der Waals surface area (Å²) in [4.78, 5) is 14.4. The van der Waals surface area contributed by atoms with Gasteiger partial charge in [0.15, 0.2) is 0 Å². The first-order chi connectivity index (χ1) is 13.3. The van der Waals surface area contributed by atoms with Gasteiger partial charge in [-0.2, -0.15) is 5.10 Å². The van der Waals surface area contributed by atoms with Crippen molar-refractivity contribution in [2.75, 3.05) is 26.3 Å². The fraction of sp³-hybridized carbons (Fsp3) is 0.273. The molecule has 0 aliphatic carbocycles. The Hall–Kier alpha value is -2.92. The number of ether oxygens (including phenoxy) is 1. The van der Waals surface area contributed by atoms with Gasteiger partial charge in [-0.1, -0.05) is 48.5 Å². The van der Waals surface area contributed by atoms with Crippen LogP contribution in [0.5, 0.6) is 0 Å². The topological polar surface area (TPSA) is 47.4 Å². The zero-order valence-electron chi connectivity index (χ0n) is 15.3. The molecule has 0 bridgehead atoms. The number of morpholine rings is 1. The van der Waals surface area contributed by atoms with E-state index in [0.717, 1.165) is 22.5 Å². The molecule has 0 atom stereocenters. The Morgan fingerprint density at radius 1 is 0.963 bits per heavy atom. The molecule has 0 N–H and O–H groups in total. The molecule has 27 heavy (non-hydrogen) atoms. The first-order valence-electron chi connectivity index (χ1n) is 9.36. The van der Waals surface area contributed by atoms with Crippen molar-refractivity contribution in [3.05, 3.63) is 72.4 Å². The molecule has 0 unspecified atom stereocenters. The summed E-state index contributed by atoms with van der Waals surface area (Å²) in [5.74, 6) is 0.185. The van der Waals surface area contributed by atoms with E-state index >= 15 is 0 Å². The van der Waals surface area contributed by atoms with Crippen LogP contribution in [0.1, 0.15) is 12.0 Å². The summed E-state index contributed by atoms with van der Waals surface area (Å²) in [7, 11) is 0. The predicted octanol–water partition coefficient (Wildman–Crippen LogP) is 3.33. The second kappa shape index (κ2) is 8.18. The summed E-state index contributed by atoms with van der Waals surface area (Å²) < 4.78 is 7.23. The van der Waals surface area contributed by atoms with E-state index < -0.39 is 0 Å². The van der Waals surface area contributed by atoms with Gasteiger partial charge in [-0.15, -0.1) is 0 Å². The lowest BCUT2D eigenvalue weighted by Crippen LogP contribution is -2.40. The van der Waals surface area contributed by atoms with E-state index in [9.17, 15) is 4.79 Å². The van der Waals surface area contributed by atoms with Crippen LogP contribution in [0.25, 0.3) is 16.9 Å². The lowest BCUT2D eigenvalue weighted by atomic mass is 10.0. The highest BCUT2D eigenvalue weighted by Gasteiger charge is 2.18. The van der Waals surface area contributed by atoms with Crippen LogP contribution in [0.2, 0.25) is 0 Å². The van der Waals surface area contributed by atoms with Crippen molar-refractivity contribution in [3.8, 4) is 16.9 Å². The number of para-hydroxylation sites is 1. The highest BCUT2D eigenvalue weighted by atomic mass is 16.5. The minimum absolute atomic E-state index is 0.185. The van der Waals surface area contributed by atoms with Crippen LogP contribution in [-0.2, 0) is 16.0 Å². The van der Waals surface area contributed by atoms with Gasteiger partial charge in [-0.3, -0.25) is 4.79 Å². The van der Waals surface area contributed by atoms with Crippen LogP contribution in [-0.4, -0.2) is 46.9 Å². The Morgan fingerprint density at radius 2 is 1.63 bits per heavy atom. The molecule has 1 aliphatic rings. The van der Waals surface area contributed by atoms with Crippen molar-refractivity contribution < 1.29 is 9.53 Å². The predicted molar refractivity (Wildman–Crippen MR) is 105 cm³/mol. The van der Waals surface area contributed by atoms with E-state index in [4.69, 9.17) is 9.84 Å². The van der Waals surface area contributed by atoms with E-state index in [0.29, 0.717) is 39.1 Å². The lowest BCUT2D eigenvalue weighted by Gasteiger charge is -2.26. The molecule has 1 fully saturated rings. The number of benzene rings is 2. The van der Waals surface area contributed by atoms with Gasteiger partial charge in [0.2, 0.25) is 5.91 Å². The van der Waals surface area contributed by atoms with Crippen LogP contribution in [0.3, 0.4) is 0 Å². The molecule has 1 aromatic heterocycles. The molecule has 4 rings (SSSR count). The van der Waals surface area contributed by atoms with E-state index in [1.54, 1.807) is 0 Å². The number of hydrogen-bond acceptors (Lipinski definition) is 3. The van der Waals surface area contributed by atoms with Gasteiger partial charge in [0.05, 0.1) is 24.6 Å². The summed E-state index contributed by atoms with van der Waals surface area (Å²) in [5, 5.41) is 4.81. The van der Waals surface area contributed by atoms with E-state index in [2.05, 4.69) is 12.1 Å². The third kappa shape index (κ3) is 4.09. The minimum atomic E-state index is 0.185. The molecular formula is C22H23N3O2. The summed E-state index contributed by atoms with van der Waals surface area (Å²) in [5.41, 5.74) is 4.11. The van der Waals surface area contributed by atoms with Gasteiger partial charge in [0, 0.05) is 31.3 Å². The molecule has 2 heterocycles. The quantitative estimate of drug-likeness (QED) is 0.700. The molecule has 0 saturated carbocycles. The Labute approximate surface area is 159 Å². The fourth-order valence-corrected chi connectivity index (χ4v) is 3.36. The number of nitrogens with zero attached hydrogens (tertiary/aromatic N) is 3. The van der Waals surface area contributed by atoms with Crippen molar-refractivity contribution in [1.29, 1.82) is 0 Å². The molecule has 0 spiro atoms. The number of aryl methyl sites for hydroxylation is 1. The van der Waals surface area contributed by atoms with Gasteiger partial charge >= 0.3 is 0 Å². The van der Waals surface area contributed by atoms with Crippen LogP contribution >= 0.6 is 0 Å². The minimum Gasteiger partial charge on any atom is -0.378 e. The first kappa shape index (κ1) is 17.5. The Balaban J connectivity index is 1.58. The number of aromatic nitrogens is 2. The summed E-state index contributed by atoms with van der Waals surface area (Å²) in [6.45, 7) is 2.64. The molecule has 5 heteroatoms. The molecule has 2 aromatic carbocycles. The smallest absolute Gasteiger partial charge is 0.223 e. The molecule has 3 aromatic rings. The van der Waals surface area contributed by atoms with Crippen molar-refractivity contribution in [3.63, 3.8) is 0 Å². The number of carbonyl (C=O) groups is 1. The van der Waals surface area contributed by atoms with Crippen LogP contribution in [0, 0.1) is 0 Å². The van der Waals surface area contributed by atoms with Crippen molar-refractivity contribution in [2.24, 2.45) is 0 Å². The van der Waals surface area contributed by atoms with E-state index in [-0.39, 0.29) is 5.91 Å². The Kier molecular flexibility index (Phi) is 5.30. The molecular weight excluding hydrogens is 338 g/mol. The maximum absolute atomic E-state index is 12.5. The first-order valence-corrected chi connectivity index (χ1v) is 9.36. The normalized spacial score (nSPS) is 14.3. The second-order valence-corrected chi connectivity index (χ2v) is 6.64. The number of amides is 1. The van der Waals surface area contributed by atoms with Crippen molar-refractivity contribution in [1.82, 2.24) is 14.7 Å². The standard InChI is InChI=1S/C22H23N3O2/c26-21(24-13-15-27-16-14-24)12-11-19-17-25(20-9-5-2-6-10-20)23-22(19)18-7-3-1-4-8-18/h1-10,17H,11-16H2. The lowest BCUT2D eigenvalue weighted by molar-refractivity contribution is -0.135. The zero-order chi connectivity index (χ0) is 18.5. The molecule has 0 radical (unpaired) electrons. The summed E-state index contributed by atoms with van der Waals surface area (Å²) in [6, 6.07) is 20.2. The summed E-state index contributed by atoms with van der Waals surface area (Å²) in [6.07, 6.45) is 3.21. The van der Waals surface area contributed by atoms with E-state index in [1.807, 2.05) is 64.3 Å². The number of carbonyl (C=O) groups excluding carboxylic acids is 1. The van der Waals surface area contributed by atoms with Gasteiger partial charge in [0.1, 0.15) is 0 Å². The van der Waals surface area contributed by atoms with Crippen LogP contribution in [0.15, 0.2) is 66.9 Å².